The monoisotopic (exact) mass is 578 g/mol. The Morgan fingerprint density at radius 1 is 0.220 bits per heavy atom. The quantitative estimate of drug-likeness (QED) is 0.0664. The topological polar surface area (TPSA) is 3.24 Å². The van der Waals surface area contributed by atoms with Crippen LogP contribution in [0.25, 0.3) is 0 Å². The van der Waals surface area contributed by atoms with Crippen LogP contribution in [0.3, 0.4) is 0 Å². The van der Waals surface area contributed by atoms with Crippen LogP contribution < -0.4 is 0 Å². The molecule has 0 aliphatic heterocycles. The largest absolute Gasteiger partial charge is 0.304 e. The lowest BCUT2D eigenvalue weighted by Gasteiger charge is -2.20. The Kier molecular flexibility index (Phi) is 37.9. The van der Waals surface area contributed by atoms with Crippen LogP contribution in [0.15, 0.2) is 0 Å². The highest BCUT2D eigenvalue weighted by molar-refractivity contribution is 4.58. The summed E-state index contributed by atoms with van der Waals surface area (Å²) in [4.78, 5) is 2.72. The average molecular weight is 578 g/mol. The molecule has 0 atom stereocenters. The van der Waals surface area contributed by atoms with Gasteiger partial charge in [-0.2, -0.15) is 0 Å². The lowest BCUT2D eigenvalue weighted by atomic mass is 10.0. The van der Waals surface area contributed by atoms with Gasteiger partial charge < -0.3 is 4.90 Å². The van der Waals surface area contributed by atoms with Gasteiger partial charge in [0.05, 0.1) is 0 Å². The van der Waals surface area contributed by atoms with Crippen LogP contribution in [0, 0.1) is 0 Å². The molecular weight excluding hydrogens is 494 g/mol. The zero-order chi connectivity index (χ0) is 29.7. The molecule has 41 heavy (non-hydrogen) atoms. The third-order valence-corrected chi connectivity index (χ3v) is 9.60. The molecule has 0 bridgehead atoms. The summed E-state index contributed by atoms with van der Waals surface area (Å²) in [5.41, 5.74) is 0. The average Bonchev–Trinajstić information content (AvgIpc) is 2.99. The van der Waals surface area contributed by atoms with E-state index in [-0.39, 0.29) is 0 Å². The molecule has 0 radical (unpaired) electrons. The van der Waals surface area contributed by atoms with Crippen molar-refractivity contribution >= 4 is 0 Å². The van der Waals surface area contributed by atoms with Crippen LogP contribution in [0.2, 0.25) is 0 Å². The van der Waals surface area contributed by atoms with Crippen LogP contribution in [0.5, 0.6) is 0 Å². The number of nitrogens with zero attached hydrogens (tertiary/aromatic N) is 1. The lowest BCUT2D eigenvalue weighted by molar-refractivity contribution is 0.273. The van der Waals surface area contributed by atoms with E-state index in [2.05, 4.69) is 25.7 Å². The summed E-state index contributed by atoms with van der Waals surface area (Å²) in [6.07, 6.45) is 49.9. The summed E-state index contributed by atoms with van der Waals surface area (Å²) in [5, 5.41) is 0. The van der Waals surface area contributed by atoms with Crippen molar-refractivity contribution in [2.75, 3.05) is 19.6 Å². The molecule has 0 heterocycles. The molecule has 0 aliphatic rings. The van der Waals surface area contributed by atoms with Gasteiger partial charge in [-0.25, -0.2) is 0 Å². The molecule has 0 rings (SSSR count). The Morgan fingerprint density at radius 2 is 0.390 bits per heavy atom. The van der Waals surface area contributed by atoms with E-state index in [0.29, 0.717) is 0 Å². The van der Waals surface area contributed by atoms with Crippen molar-refractivity contribution in [2.45, 2.75) is 239 Å². The van der Waals surface area contributed by atoms with Crippen molar-refractivity contribution < 1.29 is 0 Å². The van der Waals surface area contributed by atoms with E-state index in [1.54, 1.807) is 0 Å². The van der Waals surface area contributed by atoms with Crippen molar-refractivity contribution in [1.82, 2.24) is 4.90 Å². The Bertz CT molecular complexity index is 395. The molecule has 0 aromatic rings. The first kappa shape index (κ1) is 41.0. The van der Waals surface area contributed by atoms with Crippen molar-refractivity contribution in [3.05, 3.63) is 0 Å². The molecule has 0 aromatic heterocycles. The normalized spacial score (nSPS) is 11.7. The maximum atomic E-state index is 2.72. The second kappa shape index (κ2) is 38.0. The minimum Gasteiger partial charge on any atom is -0.304 e. The highest BCUT2D eigenvalue weighted by atomic mass is 15.1. The Hall–Kier alpha value is -0.0400. The predicted octanol–water partition coefficient (Wildman–Crippen LogP) is 14.6. The Morgan fingerprint density at radius 3 is 0.561 bits per heavy atom. The smallest absolute Gasteiger partial charge is 0.00189 e. The van der Waals surface area contributed by atoms with Crippen molar-refractivity contribution in [3.8, 4) is 0 Å². The van der Waals surface area contributed by atoms with E-state index in [1.165, 1.54) is 238 Å². The third-order valence-electron chi connectivity index (χ3n) is 9.60. The molecule has 0 aliphatic carbocycles. The molecule has 0 saturated heterocycles. The Balaban J connectivity index is 3.24. The van der Waals surface area contributed by atoms with Gasteiger partial charge in [0, 0.05) is 0 Å². The SMILES string of the molecule is CCCCCCCCCCCCCCCCCCCN(CC)CCCCCCCCCCCCCCCCCCC. The summed E-state index contributed by atoms with van der Waals surface area (Å²) in [5.74, 6) is 0. The molecule has 1 nitrogen and oxygen atoms in total. The van der Waals surface area contributed by atoms with Crippen LogP contribution in [0.1, 0.15) is 239 Å². The molecule has 0 spiro atoms. The van der Waals surface area contributed by atoms with Crippen LogP contribution in [-0.4, -0.2) is 24.5 Å². The number of unbranched alkanes of at least 4 members (excludes halogenated alkanes) is 32. The van der Waals surface area contributed by atoms with Gasteiger partial charge in [0.2, 0.25) is 0 Å². The molecule has 0 amide bonds. The maximum absolute atomic E-state index is 2.72. The number of hydrogen-bond donors (Lipinski definition) is 0. The van der Waals surface area contributed by atoms with Gasteiger partial charge in [-0.05, 0) is 32.5 Å². The minimum atomic E-state index is 1.25. The van der Waals surface area contributed by atoms with E-state index in [9.17, 15) is 0 Å². The van der Waals surface area contributed by atoms with E-state index >= 15 is 0 Å². The number of hydrogen-bond acceptors (Lipinski definition) is 1. The van der Waals surface area contributed by atoms with Crippen molar-refractivity contribution in [1.29, 1.82) is 0 Å². The summed E-state index contributed by atoms with van der Waals surface area (Å²) in [6.45, 7) is 10.9. The highest BCUT2D eigenvalue weighted by Gasteiger charge is 2.02. The fourth-order valence-electron chi connectivity index (χ4n) is 6.55. The zero-order valence-electron chi connectivity index (χ0n) is 29.6. The summed E-state index contributed by atoms with van der Waals surface area (Å²) >= 11 is 0. The van der Waals surface area contributed by atoms with Gasteiger partial charge in [-0.3, -0.25) is 0 Å². The summed E-state index contributed by atoms with van der Waals surface area (Å²) < 4.78 is 0. The first-order valence-electron chi connectivity index (χ1n) is 20.1. The van der Waals surface area contributed by atoms with Crippen LogP contribution in [-0.2, 0) is 0 Å². The van der Waals surface area contributed by atoms with Gasteiger partial charge in [0.25, 0.3) is 0 Å². The fraction of sp³-hybridized carbons (Fsp3) is 1.00. The van der Waals surface area contributed by atoms with Crippen molar-refractivity contribution in [2.24, 2.45) is 0 Å². The molecule has 1 heteroatoms. The second-order valence-corrected chi connectivity index (χ2v) is 13.7. The molecular formula is C40H83N. The molecule has 0 aromatic carbocycles. The molecule has 0 N–H and O–H groups in total. The van der Waals surface area contributed by atoms with Crippen LogP contribution >= 0.6 is 0 Å². The highest BCUT2D eigenvalue weighted by Crippen LogP contribution is 2.16. The number of rotatable bonds is 37. The molecule has 0 unspecified atom stereocenters. The van der Waals surface area contributed by atoms with E-state index in [4.69, 9.17) is 0 Å². The molecule has 0 saturated carbocycles. The second-order valence-electron chi connectivity index (χ2n) is 13.7. The summed E-state index contributed by atoms with van der Waals surface area (Å²) in [6, 6.07) is 0. The first-order valence-corrected chi connectivity index (χ1v) is 20.1. The van der Waals surface area contributed by atoms with Gasteiger partial charge >= 0.3 is 0 Å². The molecule has 248 valence electrons. The molecule has 0 fully saturated rings. The maximum Gasteiger partial charge on any atom is -0.00189 e. The van der Waals surface area contributed by atoms with Gasteiger partial charge in [0.15, 0.2) is 0 Å². The van der Waals surface area contributed by atoms with Crippen molar-refractivity contribution in [3.63, 3.8) is 0 Å². The standard InChI is InChI=1S/C40H83N/c1-4-7-9-11-13-15-17-19-21-23-25-27-29-31-33-35-37-39-41(6-3)40-38-36-34-32-30-28-26-24-22-20-18-16-14-12-10-8-5-2/h4-40H2,1-3H3. The van der Waals surface area contributed by atoms with Gasteiger partial charge in [-0.1, -0.05) is 226 Å². The summed E-state index contributed by atoms with van der Waals surface area (Å²) in [7, 11) is 0. The van der Waals surface area contributed by atoms with E-state index < -0.39 is 0 Å². The lowest BCUT2D eigenvalue weighted by Crippen LogP contribution is -2.25. The van der Waals surface area contributed by atoms with Gasteiger partial charge in [0.1, 0.15) is 0 Å². The third kappa shape index (κ3) is 36.1. The Labute approximate surface area is 263 Å². The van der Waals surface area contributed by atoms with E-state index in [0.717, 1.165) is 0 Å². The fourth-order valence-corrected chi connectivity index (χ4v) is 6.55. The minimum absolute atomic E-state index is 1.25. The first-order chi connectivity index (χ1) is 20.3. The van der Waals surface area contributed by atoms with Gasteiger partial charge in [-0.15, -0.1) is 0 Å². The zero-order valence-corrected chi connectivity index (χ0v) is 29.6. The predicted molar refractivity (Wildman–Crippen MR) is 190 cm³/mol. The van der Waals surface area contributed by atoms with E-state index in [1.807, 2.05) is 0 Å². The van der Waals surface area contributed by atoms with Crippen LogP contribution in [0.4, 0.5) is 0 Å².